The third kappa shape index (κ3) is 7.11. The first-order valence-corrected chi connectivity index (χ1v) is 21.6. The van der Waals surface area contributed by atoms with Crippen LogP contribution in [0, 0.1) is 17.6 Å². The van der Waals surface area contributed by atoms with Gasteiger partial charge in [-0.05, 0) is 111 Å². The number of rotatable bonds is 8. The molecule has 4 atom stereocenters. The van der Waals surface area contributed by atoms with E-state index in [2.05, 4.69) is 25.0 Å². The van der Waals surface area contributed by atoms with Crippen LogP contribution in [0.2, 0.25) is 0 Å². The highest BCUT2D eigenvalue weighted by molar-refractivity contribution is 6.23. The average molecular weight is 840 g/mol. The van der Waals surface area contributed by atoms with Crippen LogP contribution in [0.3, 0.4) is 0 Å². The molecule has 3 aromatic carbocycles. The minimum atomic E-state index is -2.67. The SMILES string of the molecule is C[C@@H]1Cc2c([nH]c3ccccc23)[C@@H](c2c(F)cc(N3CCCC(CN4CCC(N5Cc6cc7c(cc6C5)C(=O)N(C5CCC(=O)NC5=O)C7=O)CC4)C3)cc2F)N1CC(F)F. The van der Waals surface area contributed by atoms with Gasteiger partial charge in [0.15, 0.2) is 0 Å². The third-order valence-corrected chi connectivity index (χ3v) is 14.2. The van der Waals surface area contributed by atoms with Gasteiger partial charge in [0.05, 0.1) is 23.7 Å². The van der Waals surface area contributed by atoms with Gasteiger partial charge in [-0.25, -0.2) is 17.6 Å². The quantitative estimate of drug-likeness (QED) is 0.161. The molecule has 0 aliphatic carbocycles. The number of aromatic nitrogens is 1. The van der Waals surface area contributed by atoms with Gasteiger partial charge in [0, 0.05) is 79.1 Å². The van der Waals surface area contributed by atoms with Crippen molar-refractivity contribution in [1.82, 2.24) is 29.9 Å². The zero-order valence-electron chi connectivity index (χ0n) is 34.1. The normalized spacial score (nSPS) is 25.5. The first kappa shape index (κ1) is 40.0. The van der Waals surface area contributed by atoms with Crippen LogP contribution in [0.15, 0.2) is 48.5 Å². The van der Waals surface area contributed by atoms with Gasteiger partial charge in [-0.1, -0.05) is 18.2 Å². The van der Waals surface area contributed by atoms with Crippen molar-refractivity contribution >= 4 is 40.2 Å². The number of imide groups is 2. The maximum Gasteiger partial charge on any atom is 0.262 e. The Bertz CT molecular complexity index is 2380. The van der Waals surface area contributed by atoms with Crippen LogP contribution < -0.4 is 10.2 Å². The van der Waals surface area contributed by atoms with E-state index in [0.29, 0.717) is 67.1 Å². The molecule has 10 rings (SSSR count). The van der Waals surface area contributed by atoms with Crippen LogP contribution >= 0.6 is 0 Å². The summed E-state index contributed by atoms with van der Waals surface area (Å²) >= 11 is 0. The number of piperidine rings is 3. The number of para-hydroxylation sites is 1. The summed E-state index contributed by atoms with van der Waals surface area (Å²) in [4.78, 5) is 63.8. The van der Waals surface area contributed by atoms with E-state index >= 15 is 8.78 Å². The Morgan fingerprint density at radius 3 is 2.21 bits per heavy atom. The predicted molar refractivity (Wildman–Crippen MR) is 219 cm³/mol. The molecule has 1 aromatic heterocycles. The minimum Gasteiger partial charge on any atom is -0.371 e. The Morgan fingerprint density at radius 1 is 0.852 bits per heavy atom. The molecule has 2 N–H and O–H groups in total. The lowest BCUT2D eigenvalue weighted by molar-refractivity contribution is -0.136. The van der Waals surface area contributed by atoms with Gasteiger partial charge in [0.1, 0.15) is 17.7 Å². The number of fused-ring (bicyclic) bond motifs is 5. The Labute approximate surface area is 351 Å². The van der Waals surface area contributed by atoms with Crippen molar-refractivity contribution in [3.8, 4) is 0 Å². The fourth-order valence-corrected chi connectivity index (χ4v) is 11.2. The van der Waals surface area contributed by atoms with Gasteiger partial charge in [0.25, 0.3) is 18.2 Å². The van der Waals surface area contributed by atoms with Crippen LogP contribution in [0.5, 0.6) is 0 Å². The lowest BCUT2D eigenvalue weighted by Gasteiger charge is -2.41. The third-order valence-electron chi connectivity index (χ3n) is 14.2. The Kier molecular flexibility index (Phi) is 10.3. The number of amides is 4. The topological polar surface area (TPSA) is 112 Å². The van der Waals surface area contributed by atoms with Crippen molar-refractivity contribution in [2.24, 2.45) is 5.92 Å². The Balaban J connectivity index is 0.775. The number of H-pyrrole nitrogens is 1. The number of hydrogen-bond acceptors (Lipinski definition) is 8. The first-order chi connectivity index (χ1) is 29.4. The standard InChI is InChI=1S/C46H49F4N7O4/c1-25-15-32-31-6-2-3-7-37(31)51-42(32)43(56(25)24-39(49)50)41-35(47)18-30(19-36(41)48)54-12-4-5-26(21-54)20-53-13-10-29(11-14-53)55-22-27-16-33-34(17-28(27)23-55)46(61)57(45(33)60)38-8-9-40(58)52-44(38)59/h2-3,6-7,16-19,25-26,29,38-39,43,51H,4-5,8-15,20-24H2,1H3,(H,52,58,59)/t25-,26?,38?,43-/m1/s1. The van der Waals surface area contributed by atoms with Crippen molar-refractivity contribution in [3.05, 3.63) is 99.2 Å². The van der Waals surface area contributed by atoms with E-state index < -0.39 is 60.3 Å². The molecule has 2 unspecified atom stereocenters. The van der Waals surface area contributed by atoms with Gasteiger partial charge in [0.2, 0.25) is 11.8 Å². The molecule has 4 amide bonds. The number of aromatic amines is 1. The molecular weight excluding hydrogens is 791 g/mol. The van der Waals surface area contributed by atoms with E-state index in [0.717, 1.165) is 77.8 Å². The minimum absolute atomic E-state index is 0.0773. The highest BCUT2D eigenvalue weighted by Gasteiger charge is 2.46. The number of halogens is 4. The molecule has 320 valence electrons. The lowest BCUT2D eigenvalue weighted by Crippen LogP contribution is -2.54. The van der Waals surface area contributed by atoms with Crippen LogP contribution in [-0.2, 0) is 29.1 Å². The van der Waals surface area contributed by atoms with Crippen molar-refractivity contribution in [1.29, 1.82) is 0 Å². The van der Waals surface area contributed by atoms with Crippen LogP contribution in [0.1, 0.15) is 100 Å². The molecule has 0 bridgehead atoms. The van der Waals surface area contributed by atoms with Crippen molar-refractivity contribution in [2.75, 3.05) is 44.2 Å². The summed E-state index contributed by atoms with van der Waals surface area (Å²) < 4.78 is 60.7. The van der Waals surface area contributed by atoms with Crippen molar-refractivity contribution in [2.45, 2.75) is 95.6 Å². The van der Waals surface area contributed by atoms with E-state index in [9.17, 15) is 28.0 Å². The highest BCUT2D eigenvalue weighted by atomic mass is 19.3. The van der Waals surface area contributed by atoms with E-state index in [1.165, 1.54) is 17.0 Å². The maximum absolute atomic E-state index is 16.4. The largest absolute Gasteiger partial charge is 0.371 e. The molecule has 4 aromatic rings. The van der Waals surface area contributed by atoms with Gasteiger partial charge < -0.3 is 14.8 Å². The lowest BCUT2D eigenvalue weighted by atomic mass is 9.88. The molecule has 0 saturated carbocycles. The number of likely N-dealkylation sites (tertiary alicyclic amines) is 1. The van der Waals surface area contributed by atoms with Gasteiger partial charge in [-0.2, -0.15) is 0 Å². The van der Waals surface area contributed by atoms with E-state index in [1.54, 1.807) is 0 Å². The molecule has 15 heteroatoms. The molecule has 61 heavy (non-hydrogen) atoms. The van der Waals surface area contributed by atoms with Crippen LogP contribution in [-0.4, -0.2) is 112 Å². The molecule has 6 aliphatic rings. The Hall–Kier alpha value is -5.12. The summed E-state index contributed by atoms with van der Waals surface area (Å²) in [5, 5.41) is 3.18. The zero-order valence-corrected chi connectivity index (χ0v) is 34.1. The number of alkyl halides is 2. The van der Waals surface area contributed by atoms with Crippen molar-refractivity contribution in [3.63, 3.8) is 0 Å². The van der Waals surface area contributed by atoms with Crippen molar-refractivity contribution < 1.29 is 36.7 Å². The molecule has 6 aliphatic heterocycles. The number of benzene rings is 3. The molecule has 3 saturated heterocycles. The molecule has 11 nitrogen and oxygen atoms in total. The molecular formula is C46H49F4N7O4. The van der Waals surface area contributed by atoms with Gasteiger partial charge in [-0.15, -0.1) is 0 Å². The van der Waals surface area contributed by atoms with Crippen LogP contribution in [0.4, 0.5) is 23.2 Å². The number of anilines is 1. The second-order valence-corrected chi connectivity index (χ2v) is 17.9. The predicted octanol–water partition coefficient (Wildman–Crippen LogP) is 6.15. The average Bonchev–Trinajstić information content (AvgIpc) is 3.89. The number of carbonyl (C=O) groups excluding carboxylic acids is 4. The fraction of sp³-hybridized carbons (Fsp3) is 0.478. The monoisotopic (exact) mass is 839 g/mol. The number of nitrogens with one attached hydrogen (secondary N) is 2. The molecule has 0 spiro atoms. The van der Waals surface area contributed by atoms with Gasteiger partial charge in [-0.3, -0.25) is 39.2 Å². The van der Waals surface area contributed by atoms with E-state index in [4.69, 9.17) is 0 Å². The summed E-state index contributed by atoms with van der Waals surface area (Å²) in [5.74, 6) is -3.17. The fourth-order valence-electron chi connectivity index (χ4n) is 11.2. The number of hydrogen-bond donors (Lipinski definition) is 2. The zero-order chi connectivity index (χ0) is 42.3. The highest BCUT2D eigenvalue weighted by Crippen LogP contribution is 2.44. The summed E-state index contributed by atoms with van der Waals surface area (Å²) in [7, 11) is 0. The first-order valence-electron chi connectivity index (χ1n) is 21.6. The summed E-state index contributed by atoms with van der Waals surface area (Å²) in [6, 6.07) is 12.0. The summed E-state index contributed by atoms with van der Waals surface area (Å²) in [6.07, 6.45) is 1.85. The second kappa shape index (κ2) is 15.7. The molecule has 0 radical (unpaired) electrons. The van der Waals surface area contributed by atoms with E-state index in [-0.39, 0.29) is 24.4 Å². The summed E-state index contributed by atoms with van der Waals surface area (Å²) in [5.41, 5.74) is 5.20. The molecule has 3 fully saturated rings. The number of nitrogens with zero attached hydrogens (tertiary/aromatic N) is 5. The smallest absolute Gasteiger partial charge is 0.262 e. The van der Waals surface area contributed by atoms with Crippen LogP contribution in [0.25, 0.3) is 10.9 Å². The second-order valence-electron chi connectivity index (χ2n) is 17.9. The maximum atomic E-state index is 16.4. The number of carbonyl (C=O) groups is 4. The molecule has 7 heterocycles. The van der Waals surface area contributed by atoms with E-state index in [1.807, 2.05) is 43.3 Å². The summed E-state index contributed by atoms with van der Waals surface area (Å²) in [6.45, 7) is 6.60. The van der Waals surface area contributed by atoms with Gasteiger partial charge >= 0.3 is 0 Å². The Morgan fingerprint density at radius 2 is 1.54 bits per heavy atom.